The maximum atomic E-state index is 10.6. The van der Waals surface area contributed by atoms with Gasteiger partial charge in [-0.2, -0.15) is 0 Å². The SMILES string of the molecule is CC(C)N(CCC(N)=O)CC(N)=O. The summed E-state index contributed by atoms with van der Waals surface area (Å²) in [5.41, 5.74) is 10.0. The van der Waals surface area contributed by atoms with Gasteiger partial charge in [0.2, 0.25) is 11.8 Å². The van der Waals surface area contributed by atoms with E-state index in [1.807, 2.05) is 18.7 Å². The first-order chi connectivity index (χ1) is 5.93. The van der Waals surface area contributed by atoms with E-state index in [9.17, 15) is 9.59 Å². The molecule has 0 spiro atoms. The predicted molar refractivity (Wildman–Crippen MR) is 49.7 cm³/mol. The Morgan fingerprint density at radius 3 is 2.08 bits per heavy atom. The summed E-state index contributed by atoms with van der Waals surface area (Å²) in [6.45, 7) is 4.52. The first-order valence-corrected chi connectivity index (χ1v) is 4.24. The lowest BCUT2D eigenvalue weighted by Crippen LogP contribution is -2.40. The fourth-order valence-corrected chi connectivity index (χ4v) is 0.974. The number of nitrogens with zero attached hydrogens (tertiary/aromatic N) is 1. The highest BCUT2D eigenvalue weighted by Gasteiger charge is 2.12. The van der Waals surface area contributed by atoms with Crippen molar-refractivity contribution in [1.29, 1.82) is 0 Å². The summed E-state index contributed by atoms with van der Waals surface area (Å²) in [6.07, 6.45) is 0.255. The monoisotopic (exact) mass is 187 g/mol. The highest BCUT2D eigenvalue weighted by atomic mass is 16.1. The van der Waals surface area contributed by atoms with Crippen LogP contribution in [0.5, 0.6) is 0 Å². The second-order valence-corrected chi connectivity index (χ2v) is 3.25. The molecule has 0 fully saturated rings. The molecule has 0 aliphatic rings. The second kappa shape index (κ2) is 5.53. The number of primary amides is 2. The van der Waals surface area contributed by atoms with Crippen molar-refractivity contribution in [2.75, 3.05) is 13.1 Å². The molecule has 0 rings (SSSR count). The van der Waals surface area contributed by atoms with Gasteiger partial charge in [0.25, 0.3) is 0 Å². The molecule has 0 aliphatic carbocycles. The maximum Gasteiger partial charge on any atom is 0.231 e. The third kappa shape index (κ3) is 6.10. The minimum absolute atomic E-state index is 0.172. The molecule has 2 amide bonds. The lowest BCUT2D eigenvalue weighted by atomic mass is 10.2. The van der Waals surface area contributed by atoms with Crippen molar-refractivity contribution in [2.45, 2.75) is 26.3 Å². The molecule has 0 aromatic heterocycles. The van der Waals surface area contributed by atoms with Crippen LogP contribution in [0.3, 0.4) is 0 Å². The summed E-state index contributed by atoms with van der Waals surface area (Å²) < 4.78 is 0. The Balaban J connectivity index is 3.95. The van der Waals surface area contributed by atoms with Crippen molar-refractivity contribution in [1.82, 2.24) is 4.90 Å². The molecule has 0 heterocycles. The van der Waals surface area contributed by atoms with Crippen LogP contribution in [0, 0.1) is 0 Å². The van der Waals surface area contributed by atoms with Gasteiger partial charge in [-0.25, -0.2) is 0 Å². The predicted octanol–water partition coefficient (Wildman–Crippen LogP) is -0.942. The molecule has 5 heteroatoms. The van der Waals surface area contributed by atoms with Crippen LogP contribution in [0.25, 0.3) is 0 Å². The zero-order chi connectivity index (χ0) is 10.4. The van der Waals surface area contributed by atoms with Crippen molar-refractivity contribution in [3.8, 4) is 0 Å². The highest BCUT2D eigenvalue weighted by Crippen LogP contribution is 1.98. The molecule has 4 N–H and O–H groups in total. The van der Waals surface area contributed by atoms with Crippen LogP contribution in [0.2, 0.25) is 0 Å². The van der Waals surface area contributed by atoms with Crippen LogP contribution in [0.15, 0.2) is 0 Å². The topological polar surface area (TPSA) is 89.4 Å². The van der Waals surface area contributed by atoms with Gasteiger partial charge in [0.15, 0.2) is 0 Å². The normalized spacial score (nSPS) is 10.8. The molecule has 13 heavy (non-hydrogen) atoms. The smallest absolute Gasteiger partial charge is 0.231 e. The Morgan fingerprint density at radius 2 is 1.77 bits per heavy atom. The Hall–Kier alpha value is -1.10. The molecule has 0 saturated heterocycles. The Morgan fingerprint density at radius 1 is 1.23 bits per heavy atom. The van der Waals surface area contributed by atoms with Crippen molar-refractivity contribution in [3.05, 3.63) is 0 Å². The van der Waals surface area contributed by atoms with Gasteiger partial charge in [-0.3, -0.25) is 14.5 Å². The van der Waals surface area contributed by atoms with E-state index in [4.69, 9.17) is 11.5 Å². The Bertz CT molecular complexity index is 192. The Labute approximate surface area is 78.1 Å². The fourth-order valence-electron chi connectivity index (χ4n) is 0.974. The van der Waals surface area contributed by atoms with Gasteiger partial charge >= 0.3 is 0 Å². The number of carbonyl (C=O) groups excluding carboxylic acids is 2. The zero-order valence-electron chi connectivity index (χ0n) is 8.12. The van der Waals surface area contributed by atoms with E-state index in [2.05, 4.69) is 0 Å². The van der Waals surface area contributed by atoms with E-state index in [0.717, 1.165) is 0 Å². The van der Waals surface area contributed by atoms with E-state index < -0.39 is 5.91 Å². The van der Waals surface area contributed by atoms with E-state index >= 15 is 0 Å². The second-order valence-electron chi connectivity index (χ2n) is 3.25. The summed E-state index contributed by atoms with van der Waals surface area (Å²) in [4.78, 5) is 22.9. The molecule has 0 atom stereocenters. The highest BCUT2D eigenvalue weighted by molar-refractivity contribution is 5.76. The maximum absolute atomic E-state index is 10.6. The number of amides is 2. The molecule has 0 aromatic carbocycles. The molecule has 0 unspecified atom stereocenters. The standard InChI is InChI=1S/C8H17N3O2/c1-6(2)11(5-8(10)13)4-3-7(9)12/h6H,3-5H2,1-2H3,(H2,9,12)(H2,10,13). The summed E-state index contributed by atoms with van der Waals surface area (Å²) in [5, 5.41) is 0. The number of rotatable bonds is 6. The average molecular weight is 187 g/mol. The first-order valence-electron chi connectivity index (χ1n) is 4.24. The number of carbonyl (C=O) groups is 2. The number of nitrogens with two attached hydrogens (primary N) is 2. The lowest BCUT2D eigenvalue weighted by molar-refractivity contribution is -0.121. The molecule has 76 valence electrons. The molecule has 0 aromatic rings. The van der Waals surface area contributed by atoms with E-state index in [1.54, 1.807) is 0 Å². The minimum atomic E-state index is -0.391. The Kier molecular flexibility index (Phi) is 5.06. The van der Waals surface area contributed by atoms with Gasteiger partial charge in [0.1, 0.15) is 0 Å². The van der Waals surface area contributed by atoms with Crippen molar-refractivity contribution in [2.24, 2.45) is 11.5 Å². The van der Waals surface area contributed by atoms with Gasteiger partial charge < -0.3 is 11.5 Å². The molecular weight excluding hydrogens is 170 g/mol. The van der Waals surface area contributed by atoms with E-state index in [0.29, 0.717) is 6.54 Å². The number of hydrogen-bond acceptors (Lipinski definition) is 3. The van der Waals surface area contributed by atoms with Crippen molar-refractivity contribution >= 4 is 11.8 Å². The summed E-state index contributed by atoms with van der Waals surface area (Å²) in [7, 11) is 0. The lowest BCUT2D eigenvalue weighted by Gasteiger charge is -2.23. The van der Waals surface area contributed by atoms with E-state index in [1.165, 1.54) is 0 Å². The zero-order valence-corrected chi connectivity index (χ0v) is 8.12. The van der Waals surface area contributed by atoms with Crippen molar-refractivity contribution in [3.63, 3.8) is 0 Å². The van der Waals surface area contributed by atoms with Crippen LogP contribution < -0.4 is 11.5 Å². The summed E-state index contributed by atoms with van der Waals surface area (Å²) in [6, 6.07) is 0.187. The van der Waals surface area contributed by atoms with Gasteiger partial charge in [-0.15, -0.1) is 0 Å². The van der Waals surface area contributed by atoms with Crippen LogP contribution in [-0.2, 0) is 9.59 Å². The number of hydrogen-bond donors (Lipinski definition) is 2. The largest absolute Gasteiger partial charge is 0.370 e. The van der Waals surface area contributed by atoms with Crippen LogP contribution in [-0.4, -0.2) is 35.8 Å². The quantitative estimate of drug-likeness (QED) is 0.562. The molecule has 0 saturated carbocycles. The van der Waals surface area contributed by atoms with Gasteiger partial charge in [-0.1, -0.05) is 0 Å². The fraction of sp³-hybridized carbons (Fsp3) is 0.750. The van der Waals surface area contributed by atoms with E-state index in [-0.39, 0.29) is 24.9 Å². The molecule has 0 bridgehead atoms. The van der Waals surface area contributed by atoms with Gasteiger partial charge in [0, 0.05) is 19.0 Å². The van der Waals surface area contributed by atoms with Gasteiger partial charge in [0.05, 0.1) is 6.54 Å². The van der Waals surface area contributed by atoms with Crippen molar-refractivity contribution < 1.29 is 9.59 Å². The molecule has 5 nitrogen and oxygen atoms in total. The first kappa shape index (κ1) is 11.9. The van der Waals surface area contributed by atoms with Crippen LogP contribution in [0.4, 0.5) is 0 Å². The minimum Gasteiger partial charge on any atom is -0.370 e. The molecule has 0 radical (unpaired) electrons. The average Bonchev–Trinajstić information content (AvgIpc) is 1.96. The van der Waals surface area contributed by atoms with Gasteiger partial charge in [-0.05, 0) is 13.8 Å². The summed E-state index contributed by atoms with van der Waals surface area (Å²) >= 11 is 0. The third-order valence-corrected chi connectivity index (χ3v) is 1.73. The summed E-state index contributed by atoms with van der Waals surface area (Å²) in [5.74, 6) is -0.756. The van der Waals surface area contributed by atoms with Crippen LogP contribution >= 0.6 is 0 Å². The third-order valence-electron chi connectivity index (χ3n) is 1.73. The molecular formula is C8H17N3O2. The van der Waals surface area contributed by atoms with Crippen LogP contribution in [0.1, 0.15) is 20.3 Å². The molecule has 0 aliphatic heterocycles.